The number of hydrogen-bond donors (Lipinski definition) is 0. The molecular weight excluding hydrogens is 206 g/mol. The zero-order valence-electron chi connectivity index (χ0n) is 9.99. The fraction of sp³-hybridized carbons (Fsp3) is 0.818. The molecule has 0 aromatic carbocycles. The lowest BCUT2D eigenvalue weighted by molar-refractivity contribution is 0.405. The van der Waals surface area contributed by atoms with Crippen molar-refractivity contribution in [2.45, 2.75) is 39.5 Å². The number of nitrogens with zero attached hydrogens (tertiary/aromatic N) is 3. The normalized spacial score (nSPS) is 11.2. The van der Waals surface area contributed by atoms with Crippen LogP contribution in [0.2, 0.25) is 0 Å². The standard InChI is InChI=1S/C11H21N3S/c1-4-6-8-14(9-7-5-2)11(15-3)13-10-12/h4-9H2,1-3H3. The largest absolute Gasteiger partial charge is 0.351 e. The van der Waals surface area contributed by atoms with Gasteiger partial charge in [-0.3, -0.25) is 0 Å². The Hall–Kier alpha value is -0.690. The van der Waals surface area contributed by atoms with Crippen molar-refractivity contribution in [3.8, 4) is 6.19 Å². The Kier molecular flexibility index (Phi) is 9.40. The third-order valence-electron chi connectivity index (χ3n) is 2.16. The molecule has 0 bridgehead atoms. The molecule has 0 N–H and O–H groups in total. The fourth-order valence-corrected chi connectivity index (χ4v) is 1.86. The lowest BCUT2D eigenvalue weighted by Crippen LogP contribution is -2.30. The van der Waals surface area contributed by atoms with Gasteiger partial charge >= 0.3 is 0 Å². The predicted octanol–water partition coefficient (Wildman–Crippen LogP) is 3.09. The molecule has 3 nitrogen and oxygen atoms in total. The first-order valence-electron chi connectivity index (χ1n) is 5.55. The highest BCUT2D eigenvalue weighted by atomic mass is 32.2. The van der Waals surface area contributed by atoms with E-state index in [1.54, 1.807) is 11.8 Å². The summed E-state index contributed by atoms with van der Waals surface area (Å²) < 4.78 is 0. The minimum Gasteiger partial charge on any atom is -0.351 e. The van der Waals surface area contributed by atoms with Gasteiger partial charge in [-0.2, -0.15) is 5.26 Å². The molecule has 0 heterocycles. The van der Waals surface area contributed by atoms with Crippen molar-refractivity contribution < 1.29 is 0 Å². The first-order valence-corrected chi connectivity index (χ1v) is 6.78. The van der Waals surface area contributed by atoms with Crippen LogP contribution in [0.15, 0.2) is 4.99 Å². The van der Waals surface area contributed by atoms with E-state index in [1.807, 2.05) is 12.4 Å². The molecule has 0 unspecified atom stereocenters. The number of amidine groups is 1. The summed E-state index contributed by atoms with van der Waals surface area (Å²) in [5.41, 5.74) is 0. The van der Waals surface area contributed by atoms with Crippen molar-refractivity contribution in [1.29, 1.82) is 5.26 Å². The molecule has 86 valence electrons. The Balaban J connectivity index is 4.30. The number of nitriles is 1. The highest BCUT2D eigenvalue weighted by Gasteiger charge is 2.08. The van der Waals surface area contributed by atoms with E-state index in [4.69, 9.17) is 5.26 Å². The minimum absolute atomic E-state index is 0.861. The Bertz CT molecular complexity index is 212. The quantitative estimate of drug-likeness (QED) is 0.398. The Labute approximate surface area is 97.6 Å². The smallest absolute Gasteiger partial charge is 0.208 e. The third-order valence-corrected chi connectivity index (χ3v) is 2.88. The average molecular weight is 227 g/mol. The van der Waals surface area contributed by atoms with Crippen molar-refractivity contribution in [2.75, 3.05) is 19.3 Å². The summed E-state index contributed by atoms with van der Waals surface area (Å²) in [6.45, 7) is 6.38. The van der Waals surface area contributed by atoms with E-state index in [9.17, 15) is 0 Å². The highest BCUT2D eigenvalue weighted by molar-refractivity contribution is 8.13. The first kappa shape index (κ1) is 14.3. The van der Waals surface area contributed by atoms with E-state index in [2.05, 4.69) is 23.7 Å². The van der Waals surface area contributed by atoms with Crippen LogP contribution < -0.4 is 0 Å². The molecule has 0 aliphatic heterocycles. The van der Waals surface area contributed by atoms with Gasteiger partial charge in [0.15, 0.2) is 5.17 Å². The van der Waals surface area contributed by atoms with Gasteiger partial charge in [0.25, 0.3) is 0 Å². The third kappa shape index (κ3) is 6.40. The second-order valence-electron chi connectivity index (χ2n) is 3.39. The van der Waals surface area contributed by atoms with Gasteiger partial charge in [-0.05, 0) is 19.1 Å². The molecule has 0 saturated carbocycles. The van der Waals surface area contributed by atoms with E-state index in [0.29, 0.717) is 0 Å². The van der Waals surface area contributed by atoms with E-state index in [0.717, 1.165) is 31.1 Å². The maximum atomic E-state index is 8.59. The van der Waals surface area contributed by atoms with Crippen LogP contribution in [0.5, 0.6) is 0 Å². The van der Waals surface area contributed by atoms with Crippen LogP contribution >= 0.6 is 11.8 Å². The lowest BCUT2D eigenvalue weighted by atomic mass is 10.3. The van der Waals surface area contributed by atoms with Crippen LogP contribution in [0.25, 0.3) is 0 Å². The zero-order chi connectivity index (χ0) is 11.5. The molecule has 0 aliphatic rings. The zero-order valence-corrected chi connectivity index (χ0v) is 10.8. The monoisotopic (exact) mass is 227 g/mol. The molecule has 0 aliphatic carbocycles. The molecule has 4 heteroatoms. The van der Waals surface area contributed by atoms with Crippen molar-refractivity contribution in [1.82, 2.24) is 4.90 Å². The van der Waals surface area contributed by atoms with Crippen molar-refractivity contribution in [3.63, 3.8) is 0 Å². The van der Waals surface area contributed by atoms with Crippen LogP contribution in [0.4, 0.5) is 0 Å². The van der Waals surface area contributed by atoms with Crippen LogP contribution in [-0.2, 0) is 0 Å². The molecule has 0 spiro atoms. The van der Waals surface area contributed by atoms with Gasteiger partial charge in [0.1, 0.15) is 0 Å². The van der Waals surface area contributed by atoms with E-state index < -0.39 is 0 Å². The summed E-state index contributed by atoms with van der Waals surface area (Å²) in [6, 6.07) is 0. The van der Waals surface area contributed by atoms with Crippen LogP contribution in [0.1, 0.15) is 39.5 Å². The molecular formula is C11H21N3S. The molecule has 0 aromatic rings. The molecule has 0 amide bonds. The SMILES string of the molecule is CCCCN(CCCC)C(=NC#N)SC. The van der Waals surface area contributed by atoms with Gasteiger partial charge < -0.3 is 4.90 Å². The summed E-state index contributed by atoms with van der Waals surface area (Å²) in [4.78, 5) is 6.08. The average Bonchev–Trinajstić information content (AvgIpc) is 2.27. The number of unbranched alkanes of at least 4 members (excludes halogenated alkanes) is 2. The van der Waals surface area contributed by atoms with Gasteiger partial charge in [-0.15, -0.1) is 4.99 Å². The summed E-state index contributed by atoms with van der Waals surface area (Å²) >= 11 is 1.56. The summed E-state index contributed by atoms with van der Waals surface area (Å²) in [5, 5.41) is 9.45. The lowest BCUT2D eigenvalue weighted by Gasteiger charge is -2.23. The molecule has 15 heavy (non-hydrogen) atoms. The second kappa shape index (κ2) is 9.85. The predicted molar refractivity (Wildman–Crippen MR) is 68.0 cm³/mol. The van der Waals surface area contributed by atoms with Crippen molar-refractivity contribution in [3.05, 3.63) is 0 Å². The fourth-order valence-electron chi connectivity index (χ4n) is 1.29. The Morgan fingerprint density at radius 3 is 2.13 bits per heavy atom. The van der Waals surface area contributed by atoms with E-state index in [1.165, 1.54) is 12.8 Å². The summed E-state index contributed by atoms with van der Waals surface area (Å²) in [5.74, 6) is 0. The molecule has 0 aromatic heterocycles. The summed E-state index contributed by atoms with van der Waals surface area (Å²) in [6.07, 6.45) is 8.53. The number of hydrogen-bond acceptors (Lipinski definition) is 3. The van der Waals surface area contributed by atoms with Crippen LogP contribution in [0.3, 0.4) is 0 Å². The first-order chi connectivity index (χ1) is 7.29. The molecule has 0 atom stereocenters. The maximum Gasteiger partial charge on any atom is 0.208 e. The maximum absolute atomic E-state index is 8.59. The van der Waals surface area contributed by atoms with Crippen molar-refractivity contribution in [2.24, 2.45) is 4.99 Å². The second-order valence-corrected chi connectivity index (χ2v) is 4.17. The minimum atomic E-state index is 0.861. The van der Waals surface area contributed by atoms with Gasteiger partial charge in [-0.1, -0.05) is 38.5 Å². The number of thioether (sulfide) groups is 1. The number of rotatable bonds is 6. The number of aliphatic imine (C=N–C) groups is 1. The van der Waals surface area contributed by atoms with Crippen molar-refractivity contribution >= 4 is 16.9 Å². The molecule has 0 saturated heterocycles. The van der Waals surface area contributed by atoms with E-state index >= 15 is 0 Å². The topological polar surface area (TPSA) is 39.4 Å². The highest BCUT2D eigenvalue weighted by Crippen LogP contribution is 2.08. The van der Waals surface area contributed by atoms with E-state index in [-0.39, 0.29) is 0 Å². The van der Waals surface area contributed by atoms with Gasteiger partial charge in [0.2, 0.25) is 6.19 Å². The van der Waals surface area contributed by atoms with Gasteiger partial charge in [-0.25, -0.2) is 0 Å². The Morgan fingerprint density at radius 2 is 1.80 bits per heavy atom. The van der Waals surface area contributed by atoms with Crippen LogP contribution in [0, 0.1) is 11.5 Å². The Morgan fingerprint density at radius 1 is 1.27 bits per heavy atom. The van der Waals surface area contributed by atoms with Gasteiger partial charge in [0, 0.05) is 13.1 Å². The van der Waals surface area contributed by atoms with Gasteiger partial charge in [0.05, 0.1) is 0 Å². The molecule has 0 fully saturated rings. The summed E-state index contributed by atoms with van der Waals surface area (Å²) in [7, 11) is 0. The van der Waals surface area contributed by atoms with Crippen LogP contribution in [-0.4, -0.2) is 29.4 Å². The molecule has 0 radical (unpaired) electrons. The molecule has 0 rings (SSSR count).